The van der Waals surface area contributed by atoms with Gasteiger partial charge < -0.3 is 10.2 Å². The SMILES string of the molecule is CCCCCC(NCC(=O)N1CCCC1)c1ccccc1. The summed E-state index contributed by atoms with van der Waals surface area (Å²) in [6.07, 6.45) is 7.11. The van der Waals surface area contributed by atoms with Crippen LogP contribution in [0.5, 0.6) is 0 Å². The maximum absolute atomic E-state index is 12.2. The molecule has 1 aliphatic heterocycles. The monoisotopic (exact) mass is 288 g/mol. The molecule has 21 heavy (non-hydrogen) atoms. The van der Waals surface area contributed by atoms with E-state index in [1.54, 1.807) is 0 Å². The van der Waals surface area contributed by atoms with Crippen LogP contribution >= 0.6 is 0 Å². The molecule has 1 aliphatic rings. The van der Waals surface area contributed by atoms with Crippen LogP contribution in [-0.2, 0) is 4.79 Å². The van der Waals surface area contributed by atoms with E-state index in [1.165, 1.54) is 24.8 Å². The standard InChI is InChI=1S/C18H28N2O/c1-2-3-5-12-17(16-10-6-4-7-11-16)19-15-18(21)20-13-8-9-14-20/h4,6-7,10-11,17,19H,2-3,5,8-9,12-15H2,1H3. The molecule has 1 heterocycles. The van der Waals surface area contributed by atoms with Crippen LogP contribution in [0, 0.1) is 0 Å². The van der Waals surface area contributed by atoms with Gasteiger partial charge in [-0.05, 0) is 24.8 Å². The molecule has 0 aromatic heterocycles. The number of benzene rings is 1. The summed E-state index contributed by atoms with van der Waals surface area (Å²) >= 11 is 0. The molecule has 3 nitrogen and oxygen atoms in total. The Hall–Kier alpha value is -1.35. The molecule has 1 N–H and O–H groups in total. The van der Waals surface area contributed by atoms with Crippen molar-refractivity contribution in [2.24, 2.45) is 0 Å². The van der Waals surface area contributed by atoms with Gasteiger partial charge in [-0.2, -0.15) is 0 Å². The van der Waals surface area contributed by atoms with Gasteiger partial charge in [-0.3, -0.25) is 4.79 Å². The lowest BCUT2D eigenvalue weighted by atomic mass is 10.0. The quantitative estimate of drug-likeness (QED) is 0.742. The van der Waals surface area contributed by atoms with Gasteiger partial charge in [0, 0.05) is 19.1 Å². The Labute approximate surface area is 128 Å². The van der Waals surface area contributed by atoms with Gasteiger partial charge in [0.2, 0.25) is 5.91 Å². The van der Waals surface area contributed by atoms with Gasteiger partial charge >= 0.3 is 0 Å². The first-order valence-electron chi connectivity index (χ1n) is 8.37. The first-order valence-corrected chi connectivity index (χ1v) is 8.37. The number of carbonyl (C=O) groups is 1. The van der Waals surface area contributed by atoms with E-state index in [9.17, 15) is 4.79 Å². The smallest absolute Gasteiger partial charge is 0.236 e. The lowest BCUT2D eigenvalue weighted by Crippen LogP contribution is -2.37. The second kappa shape index (κ2) is 8.83. The molecular formula is C18H28N2O. The van der Waals surface area contributed by atoms with Crippen molar-refractivity contribution in [2.45, 2.75) is 51.5 Å². The first-order chi connectivity index (χ1) is 10.3. The van der Waals surface area contributed by atoms with Gasteiger partial charge in [-0.1, -0.05) is 56.5 Å². The first kappa shape index (κ1) is 16.0. The van der Waals surface area contributed by atoms with E-state index in [0.29, 0.717) is 12.6 Å². The highest BCUT2D eigenvalue weighted by molar-refractivity contribution is 5.78. The third-order valence-electron chi connectivity index (χ3n) is 4.26. The number of hydrogen-bond acceptors (Lipinski definition) is 2. The summed E-state index contributed by atoms with van der Waals surface area (Å²) in [5.41, 5.74) is 1.29. The van der Waals surface area contributed by atoms with E-state index >= 15 is 0 Å². The van der Waals surface area contributed by atoms with E-state index in [-0.39, 0.29) is 5.91 Å². The molecule has 1 fully saturated rings. The number of rotatable bonds is 8. The average molecular weight is 288 g/mol. The second-order valence-corrected chi connectivity index (χ2v) is 5.93. The highest BCUT2D eigenvalue weighted by Gasteiger charge is 2.19. The van der Waals surface area contributed by atoms with Gasteiger partial charge in [0.05, 0.1) is 6.54 Å². The zero-order valence-corrected chi connectivity index (χ0v) is 13.2. The summed E-state index contributed by atoms with van der Waals surface area (Å²) in [6, 6.07) is 10.8. The Bertz CT molecular complexity index is 412. The molecule has 3 heteroatoms. The molecular weight excluding hydrogens is 260 g/mol. The summed E-state index contributed by atoms with van der Waals surface area (Å²) in [6.45, 7) is 4.56. The molecule has 1 unspecified atom stereocenters. The normalized spacial score (nSPS) is 16.1. The van der Waals surface area contributed by atoms with Crippen molar-refractivity contribution in [1.29, 1.82) is 0 Å². The van der Waals surface area contributed by atoms with E-state index in [1.807, 2.05) is 11.0 Å². The summed E-state index contributed by atoms with van der Waals surface area (Å²) in [4.78, 5) is 14.2. The van der Waals surface area contributed by atoms with Crippen molar-refractivity contribution in [3.63, 3.8) is 0 Å². The Balaban J connectivity index is 1.87. The molecule has 2 rings (SSSR count). The van der Waals surface area contributed by atoms with E-state index in [0.717, 1.165) is 32.4 Å². The number of unbranched alkanes of at least 4 members (excludes halogenated alkanes) is 2. The van der Waals surface area contributed by atoms with Gasteiger partial charge in [0.1, 0.15) is 0 Å². The minimum atomic E-state index is 0.254. The number of likely N-dealkylation sites (tertiary alicyclic amines) is 1. The predicted molar refractivity (Wildman–Crippen MR) is 87.1 cm³/mol. The Kier molecular flexibility index (Phi) is 6.74. The Morgan fingerprint density at radius 3 is 2.57 bits per heavy atom. The summed E-state index contributed by atoms with van der Waals surface area (Å²) in [5, 5.41) is 3.48. The number of amides is 1. The molecule has 1 aromatic rings. The van der Waals surface area contributed by atoms with Crippen LogP contribution in [0.4, 0.5) is 0 Å². The van der Waals surface area contributed by atoms with E-state index in [2.05, 4.69) is 36.5 Å². The fourth-order valence-electron chi connectivity index (χ4n) is 2.96. The van der Waals surface area contributed by atoms with Crippen molar-refractivity contribution in [3.05, 3.63) is 35.9 Å². The summed E-state index contributed by atoms with van der Waals surface area (Å²) < 4.78 is 0. The van der Waals surface area contributed by atoms with Crippen molar-refractivity contribution in [3.8, 4) is 0 Å². The summed E-state index contributed by atoms with van der Waals surface area (Å²) in [5.74, 6) is 0.254. The zero-order valence-electron chi connectivity index (χ0n) is 13.2. The van der Waals surface area contributed by atoms with Crippen LogP contribution in [0.3, 0.4) is 0 Å². The van der Waals surface area contributed by atoms with Crippen LogP contribution in [0.1, 0.15) is 57.1 Å². The van der Waals surface area contributed by atoms with Crippen molar-refractivity contribution in [1.82, 2.24) is 10.2 Å². The van der Waals surface area contributed by atoms with E-state index < -0.39 is 0 Å². The number of carbonyl (C=O) groups excluding carboxylic acids is 1. The van der Waals surface area contributed by atoms with Crippen molar-refractivity contribution >= 4 is 5.91 Å². The third-order valence-corrected chi connectivity index (χ3v) is 4.26. The fourth-order valence-corrected chi connectivity index (χ4v) is 2.96. The fraction of sp³-hybridized carbons (Fsp3) is 0.611. The van der Waals surface area contributed by atoms with Crippen molar-refractivity contribution in [2.75, 3.05) is 19.6 Å². The number of hydrogen-bond donors (Lipinski definition) is 1. The highest BCUT2D eigenvalue weighted by Crippen LogP contribution is 2.19. The largest absolute Gasteiger partial charge is 0.342 e. The predicted octanol–water partition coefficient (Wildman–Crippen LogP) is 3.52. The molecule has 0 saturated carbocycles. The number of nitrogens with zero attached hydrogens (tertiary/aromatic N) is 1. The van der Waals surface area contributed by atoms with Gasteiger partial charge in [-0.25, -0.2) is 0 Å². The molecule has 0 spiro atoms. The zero-order chi connectivity index (χ0) is 14.9. The molecule has 1 amide bonds. The average Bonchev–Trinajstić information content (AvgIpc) is 3.06. The van der Waals surface area contributed by atoms with Gasteiger partial charge in [-0.15, -0.1) is 0 Å². The topological polar surface area (TPSA) is 32.3 Å². The van der Waals surface area contributed by atoms with Crippen LogP contribution in [0.2, 0.25) is 0 Å². The summed E-state index contributed by atoms with van der Waals surface area (Å²) in [7, 11) is 0. The minimum absolute atomic E-state index is 0.254. The third kappa shape index (κ3) is 5.16. The van der Waals surface area contributed by atoms with Gasteiger partial charge in [0.15, 0.2) is 0 Å². The van der Waals surface area contributed by atoms with Crippen LogP contribution in [0.15, 0.2) is 30.3 Å². The molecule has 116 valence electrons. The molecule has 1 saturated heterocycles. The Morgan fingerprint density at radius 1 is 1.19 bits per heavy atom. The lowest BCUT2D eigenvalue weighted by Gasteiger charge is -2.21. The van der Waals surface area contributed by atoms with Crippen LogP contribution in [-0.4, -0.2) is 30.4 Å². The molecule has 0 aliphatic carbocycles. The number of nitrogens with one attached hydrogen (secondary N) is 1. The van der Waals surface area contributed by atoms with Crippen molar-refractivity contribution < 1.29 is 4.79 Å². The van der Waals surface area contributed by atoms with Gasteiger partial charge in [0.25, 0.3) is 0 Å². The minimum Gasteiger partial charge on any atom is -0.342 e. The Morgan fingerprint density at radius 2 is 1.90 bits per heavy atom. The molecule has 1 aromatic carbocycles. The maximum atomic E-state index is 12.2. The molecule has 0 radical (unpaired) electrons. The molecule has 0 bridgehead atoms. The highest BCUT2D eigenvalue weighted by atomic mass is 16.2. The van der Waals surface area contributed by atoms with Crippen LogP contribution in [0.25, 0.3) is 0 Å². The lowest BCUT2D eigenvalue weighted by molar-refractivity contribution is -0.129. The molecule has 1 atom stereocenters. The van der Waals surface area contributed by atoms with E-state index in [4.69, 9.17) is 0 Å². The van der Waals surface area contributed by atoms with Crippen LogP contribution < -0.4 is 5.32 Å². The maximum Gasteiger partial charge on any atom is 0.236 e. The second-order valence-electron chi connectivity index (χ2n) is 5.93.